The fraction of sp³-hybridized carbons (Fsp3) is 0.538. The third-order valence-electron chi connectivity index (χ3n) is 2.85. The topological polar surface area (TPSA) is 63.4 Å². The standard InChI is InChI=1S/C13H19NO3S/c1-9(7-15)8-18-11(3)13-6-12(14(16)17)5-4-10(13)2/h4-6,9,11,15H,7-8H2,1-3H3. The molecule has 0 fully saturated rings. The molecule has 0 aliphatic heterocycles. The molecule has 0 aliphatic carbocycles. The molecule has 0 spiro atoms. The Morgan fingerprint density at radius 1 is 1.44 bits per heavy atom. The van der Waals surface area contributed by atoms with Gasteiger partial charge >= 0.3 is 0 Å². The summed E-state index contributed by atoms with van der Waals surface area (Å²) in [5.74, 6) is 1.09. The zero-order valence-electron chi connectivity index (χ0n) is 10.9. The number of thioether (sulfide) groups is 1. The van der Waals surface area contributed by atoms with Crippen LogP contribution in [0.1, 0.15) is 30.2 Å². The fourth-order valence-corrected chi connectivity index (χ4v) is 2.79. The van der Waals surface area contributed by atoms with E-state index in [0.29, 0.717) is 0 Å². The fourth-order valence-electron chi connectivity index (χ4n) is 1.63. The minimum Gasteiger partial charge on any atom is -0.396 e. The van der Waals surface area contributed by atoms with Crippen LogP contribution in [0, 0.1) is 23.0 Å². The van der Waals surface area contributed by atoms with Crippen molar-refractivity contribution in [3.8, 4) is 0 Å². The Morgan fingerprint density at radius 2 is 2.11 bits per heavy atom. The van der Waals surface area contributed by atoms with Gasteiger partial charge in [0.1, 0.15) is 0 Å². The van der Waals surface area contributed by atoms with Gasteiger partial charge in [-0.3, -0.25) is 10.1 Å². The molecule has 0 saturated heterocycles. The van der Waals surface area contributed by atoms with Gasteiger partial charge in [-0.1, -0.05) is 13.0 Å². The van der Waals surface area contributed by atoms with E-state index in [4.69, 9.17) is 5.11 Å². The molecule has 18 heavy (non-hydrogen) atoms. The van der Waals surface area contributed by atoms with Crippen molar-refractivity contribution in [2.24, 2.45) is 5.92 Å². The van der Waals surface area contributed by atoms with E-state index in [2.05, 4.69) is 0 Å². The number of aliphatic hydroxyl groups is 1. The van der Waals surface area contributed by atoms with Crippen molar-refractivity contribution in [1.82, 2.24) is 0 Å². The van der Waals surface area contributed by atoms with Gasteiger partial charge < -0.3 is 5.11 Å². The zero-order valence-corrected chi connectivity index (χ0v) is 11.7. The summed E-state index contributed by atoms with van der Waals surface area (Å²) in [5, 5.41) is 19.9. The average Bonchev–Trinajstić information content (AvgIpc) is 2.35. The number of hydrogen-bond donors (Lipinski definition) is 1. The predicted molar refractivity (Wildman–Crippen MR) is 75.0 cm³/mol. The van der Waals surface area contributed by atoms with E-state index in [1.54, 1.807) is 23.9 Å². The van der Waals surface area contributed by atoms with E-state index in [9.17, 15) is 10.1 Å². The number of non-ortho nitro benzene ring substituents is 1. The van der Waals surface area contributed by atoms with Gasteiger partial charge in [0.05, 0.1) is 4.92 Å². The van der Waals surface area contributed by atoms with Crippen LogP contribution < -0.4 is 0 Å². The molecule has 0 saturated carbocycles. The van der Waals surface area contributed by atoms with E-state index in [-0.39, 0.29) is 28.4 Å². The molecular weight excluding hydrogens is 250 g/mol. The van der Waals surface area contributed by atoms with Gasteiger partial charge in [0.2, 0.25) is 0 Å². The third kappa shape index (κ3) is 3.99. The molecule has 1 rings (SSSR count). The van der Waals surface area contributed by atoms with Gasteiger partial charge in [0.15, 0.2) is 0 Å². The molecule has 0 heterocycles. The minimum absolute atomic E-state index is 0.137. The number of nitro groups is 1. The van der Waals surface area contributed by atoms with E-state index in [1.807, 2.05) is 20.8 Å². The van der Waals surface area contributed by atoms with Crippen LogP contribution in [-0.4, -0.2) is 22.4 Å². The molecule has 0 aliphatic rings. The number of aliphatic hydroxyl groups excluding tert-OH is 1. The number of hydrogen-bond acceptors (Lipinski definition) is 4. The van der Waals surface area contributed by atoms with Gasteiger partial charge in [-0.15, -0.1) is 0 Å². The summed E-state index contributed by atoms with van der Waals surface area (Å²) in [6.45, 7) is 6.17. The van der Waals surface area contributed by atoms with Crippen molar-refractivity contribution >= 4 is 17.4 Å². The van der Waals surface area contributed by atoms with Crippen molar-refractivity contribution in [3.05, 3.63) is 39.4 Å². The van der Waals surface area contributed by atoms with Crippen molar-refractivity contribution in [2.75, 3.05) is 12.4 Å². The second-order valence-corrected chi connectivity index (χ2v) is 5.94. The van der Waals surface area contributed by atoms with Gasteiger partial charge in [0.25, 0.3) is 5.69 Å². The Hall–Kier alpha value is -1.07. The van der Waals surface area contributed by atoms with Gasteiger partial charge in [-0.25, -0.2) is 0 Å². The largest absolute Gasteiger partial charge is 0.396 e. The maximum Gasteiger partial charge on any atom is 0.269 e. The highest BCUT2D eigenvalue weighted by Gasteiger charge is 2.15. The molecule has 1 aromatic rings. The Labute approximate surface area is 112 Å². The summed E-state index contributed by atoms with van der Waals surface area (Å²) in [5.41, 5.74) is 2.20. The molecule has 0 aromatic heterocycles. The Bertz CT molecular complexity index is 423. The summed E-state index contributed by atoms with van der Waals surface area (Å²) in [4.78, 5) is 10.4. The maximum atomic E-state index is 10.8. The molecule has 0 amide bonds. The zero-order chi connectivity index (χ0) is 13.7. The first-order chi connectivity index (χ1) is 8.45. The summed E-state index contributed by atoms with van der Waals surface area (Å²) >= 11 is 1.71. The Kier molecular flexibility index (Phi) is 5.62. The Balaban J connectivity index is 2.80. The first-order valence-electron chi connectivity index (χ1n) is 5.93. The minimum atomic E-state index is -0.364. The van der Waals surface area contributed by atoms with Gasteiger partial charge in [0, 0.05) is 24.0 Å². The van der Waals surface area contributed by atoms with Crippen LogP contribution in [0.3, 0.4) is 0 Å². The highest BCUT2D eigenvalue weighted by molar-refractivity contribution is 7.99. The normalized spacial score (nSPS) is 14.2. The highest BCUT2D eigenvalue weighted by Crippen LogP contribution is 2.33. The molecular formula is C13H19NO3S. The molecule has 0 radical (unpaired) electrons. The molecule has 2 atom stereocenters. The van der Waals surface area contributed by atoms with E-state index >= 15 is 0 Å². The van der Waals surface area contributed by atoms with Crippen LogP contribution in [0.15, 0.2) is 18.2 Å². The van der Waals surface area contributed by atoms with Crippen LogP contribution in [-0.2, 0) is 0 Å². The molecule has 100 valence electrons. The van der Waals surface area contributed by atoms with Gasteiger partial charge in [-0.05, 0) is 36.6 Å². The number of benzene rings is 1. The molecule has 1 N–H and O–H groups in total. The quantitative estimate of drug-likeness (QED) is 0.635. The Morgan fingerprint density at radius 3 is 2.67 bits per heavy atom. The first-order valence-corrected chi connectivity index (χ1v) is 6.98. The average molecular weight is 269 g/mol. The SMILES string of the molecule is Cc1ccc([N+](=O)[O-])cc1C(C)SCC(C)CO. The van der Waals surface area contributed by atoms with E-state index in [0.717, 1.165) is 16.9 Å². The molecule has 0 bridgehead atoms. The monoisotopic (exact) mass is 269 g/mol. The van der Waals surface area contributed by atoms with Crippen molar-refractivity contribution in [3.63, 3.8) is 0 Å². The van der Waals surface area contributed by atoms with E-state index < -0.39 is 0 Å². The van der Waals surface area contributed by atoms with Crippen LogP contribution in [0.5, 0.6) is 0 Å². The van der Waals surface area contributed by atoms with Gasteiger partial charge in [-0.2, -0.15) is 11.8 Å². The molecule has 1 aromatic carbocycles. The predicted octanol–water partition coefficient (Wildman–Crippen LogP) is 3.33. The molecule has 2 unspecified atom stereocenters. The number of aryl methyl sites for hydroxylation is 1. The summed E-state index contributed by atoms with van der Waals surface area (Å²) < 4.78 is 0. The maximum absolute atomic E-state index is 10.8. The number of nitro benzene ring substituents is 1. The second kappa shape index (κ2) is 6.75. The number of nitrogens with zero attached hydrogens (tertiary/aromatic N) is 1. The third-order valence-corrected chi connectivity index (χ3v) is 4.37. The lowest BCUT2D eigenvalue weighted by Gasteiger charge is -2.16. The van der Waals surface area contributed by atoms with Crippen LogP contribution in [0.2, 0.25) is 0 Å². The number of rotatable bonds is 6. The van der Waals surface area contributed by atoms with Crippen molar-refractivity contribution in [2.45, 2.75) is 26.0 Å². The van der Waals surface area contributed by atoms with Crippen LogP contribution in [0.25, 0.3) is 0 Å². The molecule has 4 nitrogen and oxygen atoms in total. The van der Waals surface area contributed by atoms with E-state index in [1.165, 1.54) is 6.07 Å². The summed E-state index contributed by atoms with van der Waals surface area (Å²) in [6, 6.07) is 4.98. The summed E-state index contributed by atoms with van der Waals surface area (Å²) in [7, 11) is 0. The highest BCUT2D eigenvalue weighted by atomic mass is 32.2. The summed E-state index contributed by atoms with van der Waals surface area (Å²) in [6.07, 6.45) is 0. The smallest absolute Gasteiger partial charge is 0.269 e. The second-order valence-electron chi connectivity index (χ2n) is 4.56. The first kappa shape index (κ1) is 15.0. The van der Waals surface area contributed by atoms with Crippen LogP contribution in [0.4, 0.5) is 5.69 Å². The van der Waals surface area contributed by atoms with Crippen molar-refractivity contribution < 1.29 is 10.0 Å². The lowest BCUT2D eigenvalue weighted by molar-refractivity contribution is -0.384. The lowest BCUT2D eigenvalue weighted by atomic mass is 10.1. The van der Waals surface area contributed by atoms with Crippen molar-refractivity contribution in [1.29, 1.82) is 0 Å². The van der Waals surface area contributed by atoms with Crippen LogP contribution >= 0.6 is 11.8 Å². The lowest BCUT2D eigenvalue weighted by Crippen LogP contribution is -2.05. The molecule has 5 heteroatoms.